The van der Waals surface area contributed by atoms with Crippen molar-refractivity contribution >= 4 is 35.1 Å². The number of carbonyl (C=O) groups is 1. The second kappa shape index (κ2) is 11.8. The van der Waals surface area contributed by atoms with Crippen molar-refractivity contribution in [3.63, 3.8) is 0 Å². The van der Waals surface area contributed by atoms with Crippen LogP contribution >= 0.6 is 23.5 Å². The van der Waals surface area contributed by atoms with Crippen LogP contribution in [-0.2, 0) is 17.1 Å². The lowest BCUT2D eigenvalue weighted by atomic mass is 10.2. The highest BCUT2D eigenvalue weighted by molar-refractivity contribution is 8.00. The van der Waals surface area contributed by atoms with E-state index in [-0.39, 0.29) is 5.91 Å². The van der Waals surface area contributed by atoms with E-state index < -0.39 is 5.25 Å². The lowest BCUT2D eigenvalue weighted by molar-refractivity contribution is -0.115. The molecule has 1 N–H and O–H groups in total. The van der Waals surface area contributed by atoms with Crippen molar-refractivity contribution in [1.29, 1.82) is 0 Å². The number of ether oxygens (including phenoxy) is 2. The van der Waals surface area contributed by atoms with Crippen molar-refractivity contribution in [1.82, 2.24) is 14.8 Å². The van der Waals surface area contributed by atoms with Gasteiger partial charge in [0.1, 0.15) is 17.3 Å². The molecule has 7 nitrogen and oxygen atoms in total. The molecule has 0 saturated heterocycles. The van der Waals surface area contributed by atoms with Gasteiger partial charge in [-0.3, -0.25) is 4.79 Å². The minimum atomic E-state index is -0.401. The minimum absolute atomic E-state index is 0.160. The van der Waals surface area contributed by atoms with Gasteiger partial charge in [0.2, 0.25) is 5.91 Å². The number of hydrogen-bond donors (Lipinski definition) is 1. The van der Waals surface area contributed by atoms with Crippen LogP contribution in [0.4, 0.5) is 5.69 Å². The summed E-state index contributed by atoms with van der Waals surface area (Å²) in [5.74, 6) is 2.54. The van der Waals surface area contributed by atoms with E-state index in [0.717, 1.165) is 5.82 Å². The number of aryl methyl sites for hydroxylation is 1. The molecule has 0 radical (unpaired) electrons. The fraction of sp³-hybridized carbons (Fsp3) is 0.292. The Morgan fingerprint density at radius 3 is 2.61 bits per heavy atom. The number of nitrogens with one attached hydrogen (secondary N) is 1. The number of allylic oxidation sites excluding steroid dienone is 1. The van der Waals surface area contributed by atoms with Crippen LogP contribution in [0.5, 0.6) is 11.5 Å². The second-order valence-corrected chi connectivity index (χ2v) is 9.57. The van der Waals surface area contributed by atoms with Gasteiger partial charge in [0.05, 0.1) is 30.9 Å². The lowest BCUT2D eigenvalue weighted by Gasteiger charge is -2.15. The average Bonchev–Trinajstić information content (AvgIpc) is 3.20. The third-order valence-corrected chi connectivity index (χ3v) is 6.90. The Bertz CT molecular complexity index is 1100. The molecule has 1 heterocycles. The van der Waals surface area contributed by atoms with Crippen molar-refractivity contribution in [3.05, 3.63) is 66.5 Å². The van der Waals surface area contributed by atoms with Crippen molar-refractivity contribution in [2.45, 2.75) is 41.4 Å². The fourth-order valence-electron chi connectivity index (χ4n) is 2.96. The van der Waals surface area contributed by atoms with Gasteiger partial charge in [-0.25, -0.2) is 0 Å². The highest BCUT2D eigenvalue weighted by Gasteiger charge is 2.21. The first kappa shape index (κ1) is 24.7. The summed E-state index contributed by atoms with van der Waals surface area (Å²) in [7, 11) is 3.13. The van der Waals surface area contributed by atoms with Gasteiger partial charge in [-0.05, 0) is 38.1 Å². The predicted octanol–water partition coefficient (Wildman–Crippen LogP) is 5.20. The maximum Gasteiger partial charge on any atom is 0.237 e. The second-order valence-electron chi connectivity index (χ2n) is 7.22. The molecule has 0 saturated carbocycles. The SMILES string of the molecule is C=CCn1c(CSc2ccc(C)cc2)nnc1SC(C)C(=O)Nc1ccc(OC)cc1OC. The van der Waals surface area contributed by atoms with Crippen LogP contribution in [0.25, 0.3) is 0 Å². The molecule has 0 spiro atoms. The Kier molecular flexibility index (Phi) is 8.85. The molecule has 0 fully saturated rings. The highest BCUT2D eigenvalue weighted by atomic mass is 32.2. The minimum Gasteiger partial charge on any atom is -0.497 e. The van der Waals surface area contributed by atoms with Gasteiger partial charge in [0.15, 0.2) is 5.16 Å². The summed E-state index contributed by atoms with van der Waals surface area (Å²) in [5.41, 5.74) is 1.81. The van der Waals surface area contributed by atoms with Gasteiger partial charge in [0, 0.05) is 17.5 Å². The molecule has 9 heteroatoms. The van der Waals surface area contributed by atoms with Crippen LogP contribution in [0.1, 0.15) is 18.3 Å². The Hall–Kier alpha value is -2.91. The molecule has 0 aliphatic rings. The summed E-state index contributed by atoms with van der Waals surface area (Å²) in [6.45, 7) is 8.33. The normalized spacial score (nSPS) is 11.6. The van der Waals surface area contributed by atoms with Crippen LogP contribution in [0.2, 0.25) is 0 Å². The van der Waals surface area contributed by atoms with Crippen molar-refractivity contribution in [3.8, 4) is 11.5 Å². The topological polar surface area (TPSA) is 78.3 Å². The standard InChI is InChI=1S/C24H28N4O3S2/c1-6-13-28-22(15-32-19-10-7-16(2)8-11-19)26-27-24(28)33-17(3)23(29)25-20-12-9-18(30-4)14-21(20)31-5/h6-12,14,17H,1,13,15H2,2-5H3,(H,25,29). The molecular formula is C24H28N4O3S2. The molecule has 0 aliphatic heterocycles. The van der Waals surface area contributed by atoms with E-state index in [1.165, 1.54) is 22.2 Å². The van der Waals surface area contributed by atoms with E-state index in [1.54, 1.807) is 50.3 Å². The molecule has 1 unspecified atom stereocenters. The van der Waals surface area contributed by atoms with Crippen LogP contribution < -0.4 is 14.8 Å². The van der Waals surface area contributed by atoms with Gasteiger partial charge < -0.3 is 19.4 Å². The first-order valence-electron chi connectivity index (χ1n) is 10.4. The number of aromatic nitrogens is 3. The monoisotopic (exact) mass is 484 g/mol. The molecule has 2 aromatic carbocycles. The zero-order valence-electron chi connectivity index (χ0n) is 19.2. The molecule has 1 atom stereocenters. The number of methoxy groups -OCH3 is 2. The molecule has 3 rings (SSSR count). The molecule has 1 amide bonds. The number of anilines is 1. The molecule has 174 valence electrons. The number of thioether (sulfide) groups is 2. The molecule has 3 aromatic rings. The van der Waals surface area contributed by atoms with Gasteiger partial charge in [-0.1, -0.05) is 35.5 Å². The Balaban J connectivity index is 1.68. The zero-order valence-corrected chi connectivity index (χ0v) is 20.8. The summed E-state index contributed by atoms with van der Waals surface area (Å²) in [5, 5.41) is 11.9. The van der Waals surface area contributed by atoms with E-state index in [1.807, 2.05) is 11.5 Å². The van der Waals surface area contributed by atoms with E-state index in [4.69, 9.17) is 9.47 Å². The first-order valence-corrected chi connectivity index (χ1v) is 12.2. The van der Waals surface area contributed by atoms with Crippen LogP contribution in [0.3, 0.4) is 0 Å². The predicted molar refractivity (Wildman–Crippen MR) is 134 cm³/mol. The first-order chi connectivity index (χ1) is 15.9. The summed E-state index contributed by atoms with van der Waals surface area (Å²) < 4.78 is 12.6. The number of carbonyl (C=O) groups excluding carboxylic acids is 1. The van der Waals surface area contributed by atoms with Gasteiger partial charge in [-0.15, -0.1) is 28.5 Å². The Morgan fingerprint density at radius 1 is 1.18 bits per heavy atom. The molecule has 33 heavy (non-hydrogen) atoms. The number of nitrogens with zero attached hydrogens (tertiary/aromatic N) is 3. The fourth-order valence-corrected chi connectivity index (χ4v) is 4.67. The Morgan fingerprint density at radius 2 is 1.94 bits per heavy atom. The van der Waals surface area contributed by atoms with Gasteiger partial charge in [-0.2, -0.15) is 0 Å². The lowest BCUT2D eigenvalue weighted by Crippen LogP contribution is -2.23. The highest BCUT2D eigenvalue weighted by Crippen LogP contribution is 2.31. The molecular weight excluding hydrogens is 456 g/mol. The van der Waals surface area contributed by atoms with Crippen molar-refractivity contribution < 1.29 is 14.3 Å². The Labute approximate surface area is 203 Å². The summed E-state index contributed by atoms with van der Waals surface area (Å²) in [6, 6.07) is 13.6. The van der Waals surface area contributed by atoms with E-state index in [2.05, 4.69) is 53.3 Å². The summed E-state index contributed by atoms with van der Waals surface area (Å²) in [4.78, 5) is 14.0. The summed E-state index contributed by atoms with van der Waals surface area (Å²) >= 11 is 3.06. The molecule has 0 aliphatic carbocycles. The number of hydrogen-bond acceptors (Lipinski definition) is 7. The van der Waals surface area contributed by atoms with Crippen LogP contribution in [0.15, 0.2) is 65.2 Å². The van der Waals surface area contributed by atoms with Crippen molar-refractivity contribution in [2.75, 3.05) is 19.5 Å². The quantitative estimate of drug-likeness (QED) is 0.296. The third kappa shape index (κ3) is 6.55. The number of benzene rings is 2. The smallest absolute Gasteiger partial charge is 0.237 e. The molecule has 1 aromatic heterocycles. The summed E-state index contributed by atoms with van der Waals surface area (Å²) in [6.07, 6.45) is 1.81. The van der Waals surface area contributed by atoms with E-state index >= 15 is 0 Å². The largest absolute Gasteiger partial charge is 0.497 e. The molecule has 0 bridgehead atoms. The maximum atomic E-state index is 12.9. The van der Waals surface area contributed by atoms with E-state index in [0.29, 0.717) is 34.6 Å². The number of rotatable bonds is 11. The zero-order chi connectivity index (χ0) is 23.8. The van der Waals surface area contributed by atoms with E-state index in [9.17, 15) is 4.79 Å². The van der Waals surface area contributed by atoms with Gasteiger partial charge in [0.25, 0.3) is 0 Å². The van der Waals surface area contributed by atoms with Crippen LogP contribution in [0, 0.1) is 6.92 Å². The van der Waals surface area contributed by atoms with Crippen LogP contribution in [-0.4, -0.2) is 40.1 Å². The van der Waals surface area contributed by atoms with Gasteiger partial charge >= 0.3 is 0 Å². The third-order valence-electron chi connectivity index (χ3n) is 4.81. The maximum absolute atomic E-state index is 12.9. The average molecular weight is 485 g/mol. The number of amides is 1. The van der Waals surface area contributed by atoms with Crippen molar-refractivity contribution in [2.24, 2.45) is 0 Å².